The summed E-state index contributed by atoms with van der Waals surface area (Å²) in [6.45, 7) is 1.50. The molecule has 1 aliphatic heterocycles. The fourth-order valence-electron chi connectivity index (χ4n) is 2.56. The third-order valence-electron chi connectivity index (χ3n) is 3.99. The molecule has 0 spiro atoms. The van der Waals surface area contributed by atoms with E-state index in [0.717, 1.165) is 38.6 Å². The normalized spacial score (nSPS) is 30.6. The van der Waals surface area contributed by atoms with E-state index in [0.29, 0.717) is 12.6 Å². The second-order valence-electron chi connectivity index (χ2n) is 5.84. The van der Waals surface area contributed by atoms with Gasteiger partial charge in [-0.25, -0.2) is 0 Å². The van der Waals surface area contributed by atoms with Crippen LogP contribution in [-0.2, 0) is 10.2 Å². The van der Waals surface area contributed by atoms with Crippen LogP contribution in [0.2, 0.25) is 0 Å². The SMILES string of the molecule is O=S(=O)(NC1CC1)N1CCCCC1CNC1CC1. The summed E-state index contributed by atoms with van der Waals surface area (Å²) in [6, 6.07) is 0.998. The zero-order chi connectivity index (χ0) is 12.6. The van der Waals surface area contributed by atoms with Gasteiger partial charge in [-0.15, -0.1) is 0 Å². The summed E-state index contributed by atoms with van der Waals surface area (Å²) < 4.78 is 29.1. The molecular formula is C12H23N3O2S. The van der Waals surface area contributed by atoms with E-state index < -0.39 is 10.2 Å². The molecule has 0 amide bonds. The molecule has 1 unspecified atom stereocenters. The van der Waals surface area contributed by atoms with Crippen molar-refractivity contribution in [3.05, 3.63) is 0 Å². The number of nitrogens with one attached hydrogen (secondary N) is 2. The van der Waals surface area contributed by atoms with Gasteiger partial charge >= 0.3 is 0 Å². The van der Waals surface area contributed by atoms with Gasteiger partial charge in [-0.3, -0.25) is 0 Å². The minimum atomic E-state index is -3.25. The standard InChI is InChI=1S/C12H23N3O2S/c16-18(17,14-11-6-7-11)15-8-2-1-3-12(15)9-13-10-4-5-10/h10-14H,1-9H2. The van der Waals surface area contributed by atoms with E-state index in [1.165, 1.54) is 12.8 Å². The van der Waals surface area contributed by atoms with E-state index in [1.54, 1.807) is 4.31 Å². The Morgan fingerprint density at radius 1 is 1.00 bits per heavy atom. The second kappa shape index (κ2) is 5.07. The predicted molar refractivity (Wildman–Crippen MR) is 70.4 cm³/mol. The van der Waals surface area contributed by atoms with Crippen molar-refractivity contribution in [3.63, 3.8) is 0 Å². The second-order valence-corrected chi connectivity index (χ2v) is 7.49. The Morgan fingerprint density at radius 3 is 2.39 bits per heavy atom. The van der Waals surface area contributed by atoms with Crippen LogP contribution in [0.15, 0.2) is 0 Å². The van der Waals surface area contributed by atoms with Crippen LogP contribution in [0, 0.1) is 0 Å². The molecule has 2 saturated carbocycles. The average Bonchev–Trinajstić information content (AvgIpc) is 3.21. The highest BCUT2D eigenvalue weighted by molar-refractivity contribution is 7.87. The quantitative estimate of drug-likeness (QED) is 0.744. The van der Waals surface area contributed by atoms with Crippen molar-refractivity contribution in [1.29, 1.82) is 0 Å². The van der Waals surface area contributed by atoms with Crippen molar-refractivity contribution in [1.82, 2.24) is 14.3 Å². The van der Waals surface area contributed by atoms with Crippen molar-refractivity contribution in [2.75, 3.05) is 13.1 Å². The molecule has 2 aliphatic carbocycles. The molecule has 0 aromatic heterocycles. The molecule has 2 N–H and O–H groups in total. The van der Waals surface area contributed by atoms with Crippen LogP contribution in [0.3, 0.4) is 0 Å². The Labute approximate surface area is 109 Å². The molecule has 18 heavy (non-hydrogen) atoms. The minimum Gasteiger partial charge on any atom is -0.312 e. The maximum atomic E-state index is 12.3. The van der Waals surface area contributed by atoms with Crippen molar-refractivity contribution >= 4 is 10.2 Å². The molecule has 1 saturated heterocycles. The van der Waals surface area contributed by atoms with Crippen LogP contribution in [0.25, 0.3) is 0 Å². The van der Waals surface area contributed by atoms with Gasteiger partial charge < -0.3 is 5.32 Å². The molecule has 0 aromatic rings. The molecule has 0 radical (unpaired) electrons. The Morgan fingerprint density at radius 2 is 1.72 bits per heavy atom. The fourth-order valence-corrected chi connectivity index (χ4v) is 4.30. The number of hydrogen-bond acceptors (Lipinski definition) is 3. The molecule has 5 nitrogen and oxygen atoms in total. The van der Waals surface area contributed by atoms with E-state index in [-0.39, 0.29) is 12.1 Å². The highest BCUT2D eigenvalue weighted by Crippen LogP contribution is 2.25. The van der Waals surface area contributed by atoms with Crippen LogP contribution in [0.4, 0.5) is 0 Å². The molecule has 3 rings (SSSR count). The molecular weight excluding hydrogens is 250 g/mol. The van der Waals surface area contributed by atoms with Crippen molar-refractivity contribution in [3.8, 4) is 0 Å². The largest absolute Gasteiger partial charge is 0.312 e. The summed E-state index contributed by atoms with van der Waals surface area (Å²) in [4.78, 5) is 0. The Hall–Kier alpha value is -0.170. The molecule has 1 heterocycles. The number of hydrogen-bond donors (Lipinski definition) is 2. The number of rotatable bonds is 6. The first-order valence-corrected chi connectivity index (χ1v) is 8.61. The third-order valence-corrected chi connectivity index (χ3v) is 5.72. The lowest BCUT2D eigenvalue weighted by Gasteiger charge is -2.34. The molecule has 0 aromatic carbocycles. The lowest BCUT2D eigenvalue weighted by Crippen LogP contribution is -2.53. The van der Waals surface area contributed by atoms with Gasteiger partial charge in [0.25, 0.3) is 10.2 Å². The van der Waals surface area contributed by atoms with Crippen LogP contribution in [0.5, 0.6) is 0 Å². The van der Waals surface area contributed by atoms with Gasteiger partial charge in [-0.2, -0.15) is 17.4 Å². The predicted octanol–water partition coefficient (Wildman–Crippen LogP) is 0.590. The Bertz CT molecular complexity index is 390. The van der Waals surface area contributed by atoms with Gasteiger partial charge in [0.1, 0.15) is 0 Å². The topological polar surface area (TPSA) is 61.4 Å². The fraction of sp³-hybridized carbons (Fsp3) is 1.00. The van der Waals surface area contributed by atoms with Gasteiger partial charge in [0, 0.05) is 31.2 Å². The highest BCUT2D eigenvalue weighted by atomic mass is 32.2. The molecule has 3 aliphatic rings. The van der Waals surface area contributed by atoms with Crippen LogP contribution >= 0.6 is 0 Å². The lowest BCUT2D eigenvalue weighted by atomic mass is 10.1. The first kappa shape index (κ1) is 12.8. The maximum Gasteiger partial charge on any atom is 0.279 e. The van der Waals surface area contributed by atoms with E-state index in [1.807, 2.05) is 0 Å². The average molecular weight is 273 g/mol. The van der Waals surface area contributed by atoms with Crippen LogP contribution in [-0.4, -0.2) is 43.9 Å². The third kappa shape index (κ3) is 3.23. The molecule has 0 bridgehead atoms. The smallest absolute Gasteiger partial charge is 0.279 e. The van der Waals surface area contributed by atoms with Gasteiger partial charge in [-0.05, 0) is 38.5 Å². The summed E-state index contributed by atoms with van der Waals surface area (Å²) in [5.41, 5.74) is 0. The summed E-state index contributed by atoms with van der Waals surface area (Å²) >= 11 is 0. The zero-order valence-electron chi connectivity index (χ0n) is 10.8. The number of piperidine rings is 1. The molecule has 6 heteroatoms. The molecule has 104 valence electrons. The highest BCUT2D eigenvalue weighted by Gasteiger charge is 2.36. The van der Waals surface area contributed by atoms with E-state index in [2.05, 4.69) is 10.0 Å². The summed E-state index contributed by atoms with van der Waals surface area (Å²) in [7, 11) is -3.25. The summed E-state index contributed by atoms with van der Waals surface area (Å²) in [5.74, 6) is 0. The van der Waals surface area contributed by atoms with E-state index in [4.69, 9.17) is 0 Å². The maximum absolute atomic E-state index is 12.3. The zero-order valence-corrected chi connectivity index (χ0v) is 11.6. The van der Waals surface area contributed by atoms with Gasteiger partial charge in [-0.1, -0.05) is 6.42 Å². The Balaban J connectivity index is 1.61. The number of nitrogens with zero attached hydrogens (tertiary/aromatic N) is 1. The summed E-state index contributed by atoms with van der Waals surface area (Å²) in [6.07, 6.45) is 7.62. The Kier molecular flexibility index (Phi) is 3.62. The van der Waals surface area contributed by atoms with Crippen molar-refractivity contribution in [2.24, 2.45) is 0 Å². The van der Waals surface area contributed by atoms with Gasteiger partial charge in [0.05, 0.1) is 0 Å². The monoisotopic (exact) mass is 273 g/mol. The first-order chi connectivity index (χ1) is 8.65. The van der Waals surface area contributed by atoms with Crippen molar-refractivity contribution in [2.45, 2.75) is 63.1 Å². The molecule has 3 fully saturated rings. The lowest BCUT2D eigenvalue weighted by molar-refractivity contribution is 0.242. The minimum absolute atomic E-state index is 0.149. The molecule has 1 atom stereocenters. The van der Waals surface area contributed by atoms with Crippen LogP contribution < -0.4 is 10.0 Å². The van der Waals surface area contributed by atoms with Crippen molar-refractivity contribution < 1.29 is 8.42 Å². The summed E-state index contributed by atoms with van der Waals surface area (Å²) in [5, 5.41) is 3.46. The van der Waals surface area contributed by atoms with Crippen LogP contribution in [0.1, 0.15) is 44.9 Å². The first-order valence-electron chi connectivity index (χ1n) is 7.17. The van der Waals surface area contributed by atoms with Gasteiger partial charge in [0.2, 0.25) is 0 Å². The van der Waals surface area contributed by atoms with E-state index >= 15 is 0 Å². The van der Waals surface area contributed by atoms with Gasteiger partial charge in [0.15, 0.2) is 0 Å². The van der Waals surface area contributed by atoms with E-state index in [9.17, 15) is 8.42 Å².